The molecule has 0 saturated carbocycles. The predicted molar refractivity (Wildman–Crippen MR) is 101 cm³/mol. The summed E-state index contributed by atoms with van der Waals surface area (Å²) in [4.78, 5) is 28.7. The SMILES string of the molecule is COc1cc(/C=C2\SC(=O)N(CN3CCOCC3)C2=O)cc(OC)c1OC. The molecule has 2 saturated heterocycles. The lowest BCUT2D eigenvalue weighted by atomic mass is 10.1. The average Bonchev–Trinajstić information content (AvgIpc) is 2.95. The van der Waals surface area contributed by atoms with Crippen LogP contribution < -0.4 is 14.2 Å². The van der Waals surface area contributed by atoms with Crippen molar-refractivity contribution >= 4 is 29.0 Å². The number of carbonyl (C=O) groups is 2. The monoisotopic (exact) mass is 394 g/mol. The van der Waals surface area contributed by atoms with E-state index in [0.717, 1.165) is 11.8 Å². The van der Waals surface area contributed by atoms with E-state index in [4.69, 9.17) is 18.9 Å². The summed E-state index contributed by atoms with van der Waals surface area (Å²) in [6.07, 6.45) is 1.66. The second-order valence-corrected chi connectivity index (χ2v) is 6.93. The van der Waals surface area contributed by atoms with Crippen LogP contribution in [0.1, 0.15) is 5.56 Å². The molecule has 0 radical (unpaired) electrons. The van der Waals surface area contributed by atoms with E-state index in [0.29, 0.717) is 54.0 Å². The van der Waals surface area contributed by atoms with Gasteiger partial charge in [-0.3, -0.25) is 19.4 Å². The number of methoxy groups -OCH3 is 3. The van der Waals surface area contributed by atoms with Crippen molar-refractivity contribution in [3.05, 3.63) is 22.6 Å². The van der Waals surface area contributed by atoms with Gasteiger partial charge in [0.2, 0.25) is 5.75 Å². The largest absolute Gasteiger partial charge is 0.493 e. The zero-order valence-electron chi connectivity index (χ0n) is 15.5. The number of ether oxygens (including phenoxy) is 4. The standard InChI is InChI=1S/C18H22N2O6S/c1-23-13-8-12(9-14(24-2)16(13)25-3)10-15-17(21)20(18(22)27-15)11-19-4-6-26-7-5-19/h8-10H,4-7,11H2,1-3H3/b15-10-. The van der Waals surface area contributed by atoms with Crippen molar-refractivity contribution in [1.82, 2.24) is 9.80 Å². The minimum absolute atomic E-state index is 0.273. The highest BCUT2D eigenvalue weighted by molar-refractivity contribution is 8.18. The second-order valence-electron chi connectivity index (χ2n) is 5.94. The van der Waals surface area contributed by atoms with Crippen LogP contribution >= 0.6 is 11.8 Å². The number of benzene rings is 1. The molecule has 146 valence electrons. The van der Waals surface area contributed by atoms with Crippen LogP contribution in [0.3, 0.4) is 0 Å². The fraction of sp³-hybridized carbons (Fsp3) is 0.444. The molecule has 2 aliphatic rings. The van der Waals surface area contributed by atoms with Crippen LogP contribution in [0.4, 0.5) is 4.79 Å². The molecule has 8 nitrogen and oxygen atoms in total. The topological polar surface area (TPSA) is 77.5 Å². The Kier molecular flexibility index (Phi) is 6.25. The van der Waals surface area contributed by atoms with Gasteiger partial charge in [0, 0.05) is 13.1 Å². The van der Waals surface area contributed by atoms with E-state index in [1.807, 2.05) is 4.90 Å². The van der Waals surface area contributed by atoms with Crippen molar-refractivity contribution in [2.45, 2.75) is 0 Å². The first-order chi connectivity index (χ1) is 13.1. The van der Waals surface area contributed by atoms with Gasteiger partial charge in [0.05, 0.1) is 46.1 Å². The molecule has 1 aromatic carbocycles. The van der Waals surface area contributed by atoms with Crippen LogP contribution in [0.25, 0.3) is 6.08 Å². The first-order valence-electron chi connectivity index (χ1n) is 8.43. The molecule has 0 unspecified atom stereocenters. The molecule has 0 aliphatic carbocycles. The maximum atomic E-state index is 12.7. The summed E-state index contributed by atoms with van der Waals surface area (Å²) in [6, 6.07) is 3.47. The third kappa shape index (κ3) is 4.20. The first-order valence-corrected chi connectivity index (χ1v) is 9.24. The number of amides is 2. The zero-order chi connectivity index (χ0) is 19.4. The summed E-state index contributed by atoms with van der Waals surface area (Å²) < 4.78 is 21.3. The molecule has 0 spiro atoms. The van der Waals surface area contributed by atoms with Crippen LogP contribution in [0.15, 0.2) is 17.0 Å². The minimum Gasteiger partial charge on any atom is -0.493 e. The Morgan fingerprint density at radius 2 is 1.70 bits per heavy atom. The molecular formula is C18H22N2O6S. The van der Waals surface area contributed by atoms with E-state index in [9.17, 15) is 9.59 Å². The van der Waals surface area contributed by atoms with Crippen LogP contribution in [0.5, 0.6) is 17.2 Å². The van der Waals surface area contributed by atoms with E-state index in [1.165, 1.54) is 26.2 Å². The molecule has 0 N–H and O–H groups in total. The Morgan fingerprint density at radius 1 is 1.07 bits per heavy atom. The summed E-state index contributed by atoms with van der Waals surface area (Å²) in [7, 11) is 4.58. The lowest BCUT2D eigenvalue weighted by Gasteiger charge is -2.29. The quantitative estimate of drug-likeness (QED) is 0.679. The highest BCUT2D eigenvalue weighted by Gasteiger charge is 2.36. The first kappa shape index (κ1) is 19.5. The Morgan fingerprint density at radius 3 is 2.26 bits per heavy atom. The summed E-state index contributed by atoms with van der Waals surface area (Å²) in [6.45, 7) is 2.90. The van der Waals surface area contributed by atoms with Gasteiger partial charge in [0.25, 0.3) is 11.1 Å². The molecule has 2 heterocycles. The van der Waals surface area contributed by atoms with E-state index >= 15 is 0 Å². The molecule has 0 atom stereocenters. The van der Waals surface area contributed by atoms with Crippen LogP contribution in [-0.2, 0) is 9.53 Å². The van der Waals surface area contributed by atoms with E-state index in [-0.39, 0.29) is 17.8 Å². The lowest BCUT2D eigenvalue weighted by molar-refractivity contribution is -0.125. The van der Waals surface area contributed by atoms with Crippen molar-refractivity contribution in [3.63, 3.8) is 0 Å². The number of carbonyl (C=O) groups excluding carboxylic acids is 2. The highest BCUT2D eigenvalue weighted by atomic mass is 32.2. The summed E-state index contributed by atoms with van der Waals surface area (Å²) in [5.74, 6) is 1.13. The summed E-state index contributed by atoms with van der Waals surface area (Å²) >= 11 is 0.930. The van der Waals surface area contributed by atoms with E-state index in [2.05, 4.69) is 0 Å². The van der Waals surface area contributed by atoms with Crippen molar-refractivity contribution in [2.24, 2.45) is 0 Å². The Labute approximate surface area is 162 Å². The molecule has 9 heteroatoms. The van der Waals surface area contributed by atoms with Gasteiger partial charge in [0.1, 0.15) is 0 Å². The van der Waals surface area contributed by atoms with Crippen molar-refractivity contribution < 1.29 is 28.5 Å². The van der Waals surface area contributed by atoms with Gasteiger partial charge in [-0.2, -0.15) is 0 Å². The van der Waals surface area contributed by atoms with Crippen LogP contribution in [0.2, 0.25) is 0 Å². The third-order valence-corrected chi connectivity index (χ3v) is 5.21. The molecule has 2 aliphatic heterocycles. The number of hydrogen-bond donors (Lipinski definition) is 0. The maximum Gasteiger partial charge on any atom is 0.294 e. The van der Waals surface area contributed by atoms with Gasteiger partial charge in [-0.05, 0) is 35.5 Å². The van der Waals surface area contributed by atoms with Crippen molar-refractivity contribution in [3.8, 4) is 17.2 Å². The average molecular weight is 394 g/mol. The molecular weight excluding hydrogens is 372 g/mol. The fourth-order valence-electron chi connectivity index (χ4n) is 2.90. The Hall–Kier alpha value is -2.23. The molecule has 1 aromatic rings. The number of hydrogen-bond acceptors (Lipinski definition) is 8. The molecule has 27 heavy (non-hydrogen) atoms. The number of nitrogens with zero attached hydrogens (tertiary/aromatic N) is 2. The maximum absolute atomic E-state index is 12.7. The van der Waals surface area contributed by atoms with Gasteiger partial charge >= 0.3 is 0 Å². The molecule has 2 fully saturated rings. The predicted octanol–water partition coefficient (Wildman–Crippen LogP) is 2.04. The van der Waals surface area contributed by atoms with Gasteiger partial charge < -0.3 is 18.9 Å². The molecule has 0 aromatic heterocycles. The van der Waals surface area contributed by atoms with Gasteiger partial charge in [-0.15, -0.1) is 0 Å². The highest BCUT2D eigenvalue weighted by Crippen LogP contribution is 2.40. The van der Waals surface area contributed by atoms with Gasteiger partial charge in [-0.1, -0.05) is 0 Å². The fourth-order valence-corrected chi connectivity index (χ4v) is 3.73. The van der Waals surface area contributed by atoms with Gasteiger partial charge in [0.15, 0.2) is 11.5 Å². The van der Waals surface area contributed by atoms with E-state index in [1.54, 1.807) is 18.2 Å². The number of imide groups is 1. The molecule has 2 amide bonds. The van der Waals surface area contributed by atoms with E-state index < -0.39 is 0 Å². The summed E-state index contributed by atoms with van der Waals surface area (Å²) in [5.41, 5.74) is 0.682. The summed E-state index contributed by atoms with van der Waals surface area (Å²) in [5, 5.41) is -0.273. The molecule has 0 bridgehead atoms. The third-order valence-electron chi connectivity index (χ3n) is 4.30. The Balaban J connectivity index is 1.82. The second kappa shape index (κ2) is 8.64. The minimum atomic E-state index is -0.301. The Bertz CT molecular complexity index is 735. The lowest BCUT2D eigenvalue weighted by Crippen LogP contribution is -2.45. The van der Waals surface area contributed by atoms with Crippen molar-refractivity contribution in [1.29, 1.82) is 0 Å². The van der Waals surface area contributed by atoms with Crippen molar-refractivity contribution in [2.75, 3.05) is 54.3 Å². The number of rotatable bonds is 6. The smallest absolute Gasteiger partial charge is 0.294 e. The van der Waals surface area contributed by atoms with Crippen LogP contribution in [-0.4, -0.2) is 75.2 Å². The number of thioether (sulfide) groups is 1. The van der Waals surface area contributed by atoms with Gasteiger partial charge in [-0.25, -0.2) is 0 Å². The zero-order valence-corrected chi connectivity index (χ0v) is 16.3. The normalized spacial score (nSPS) is 19.7. The number of morpholine rings is 1. The van der Waals surface area contributed by atoms with Crippen LogP contribution in [0, 0.1) is 0 Å². The molecule has 3 rings (SSSR count).